The Morgan fingerprint density at radius 3 is 2.89 bits per heavy atom. The summed E-state index contributed by atoms with van der Waals surface area (Å²) in [5.74, 6) is 0.430. The van der Waals surface area contributed by atoms with Crippen LogP contribution in [-0.2, 0) is 17.6 Å². The van der Waals surface area contributed by atoms with E-state index in [0.717, 1.165) is 16.7 Å². The Morgan fingerprint density at radius 1 is 1.30 bits per heavy atom. The van der Waals surface area contributed by atoms with Gasteiger partial charge in [0.25, 0.3) is 5.69 Å². The molecule has 3 aromatic rings. The van der Waals surface area contributed by atoms with Gasteiger partial charge in [0.1, 0.15) is 6.42 Å². The van der Waals surface area contributed by atoms with Gasteiger partial charge in [-0.3, -0.25) is 14.9 Å². The zero-order valence-electron chi connectivity index (χ0n) is 14.6. The highest BCUT2D eigenvalue weighted by atomic mass is 16.6. The van der Waals surface area contributed by atoms with Crippen molar-refractivity contribution in [2.24, 2.45) is 0 Å². The number of hydrogen-bond donors (Lipinski definition) is 0. The molecule has 0 spiro atoms. The Bertz CT molecular complexity index is 1040. The molecule has 0 aliphatic carbocycles. The smallest absolute Gasteiger partial charge is 0.271 e. The summed E-state index contributed by atoms with van der Waals surface area (Å²) in [5, 5.41) is 15.0. The Labute approximate surface area is 154 Å². The number of rotatable bonds is 4. The lowest BCUT2D eigenvalue weighted by Crippen LogP contribution is -2.30. The molecule has 0 radical (unpaired) electrons. The monoisotopic (exact) mass is 364 g/mol. The third-order valence-corrected chi connectivity index (χ3v) is 4.63. The van der Waals surface area contributed by atoms with Gasteiger partial charge in [-0.1, -0.05) is 35.5 Å². The molecule has 8 heteroatoms. The predicted octanol–water partition coefficient (Wildman–Crippen LogP) is 3.09. The molecule has 1 amide bonds. The van der Waals surface area contributed by atoms with E-state index in [2.05, 4.69) is 10.1 Å². The van der Waals surface area contributed by atoms with Crippen molar-refractivity contribution in [2.75, 3.05) is 11.4 Å². The number of anilines is 1. The first-order chi connectivity index (χ1) is 13.0. The van der Waals surface area contributed by atoms with Crippen molar-refractivity contribution in [2.45, 2.75) is 19.8 Å². The average Bonchev–Trinajstić information content (AvgIpc) is 3.28. The van der Waals surface area contributed by atoms with E-state index in [1.165, 1.54) is 12.1 Å². The van der Waals surface area contributed by atoms with E-state index in [4.69, 9.17) is 4.52 Å². The zero-order chi connectivity index (χ0) is 19.0. The second-order valence-electron chi connectivity index (χ2n) is 6.37. The van der Waals surface area contributed by atoms with Crippen molar-refractivity contribution >= 4 is 17.3 Å². The van der Waals surface area contributed by atoms with Crippen molar-refractivity contribution in [1.82, 2.24) is 10.1 Å². The third-order valence-electron chi connectivity index (χ3n) is 4.63. The molecule has 0 fully saturated rings. The molecule has 0 unspecified atom stereocenters. The largest absolute Gasteiger partial charge is 0.338 e. The highest BCUT2D eigenvalue weighted by Crippen LogP contribution is 2.32. The van der Waals surface area contributed by atoms with Crippen LogP contribution >= 0.6 is 0 Å². The van der Waals surface area contributed by atoms with Gasteiger partial charge in [0.15, 0.2) is 0 Å². The molecule has 1 aliphatic rings. The van der Waals surface area contributed by atoms with Gasteiger partial charge in [-0.15, -0.1) is 0 Å². The lowest BCUT2D eigenvalue weighted by Gasteiger charge is -2.16. The molecule has 2 aromatic carbocycles. The van der Waals surface area contributed by atoms with Gasteiger partial charge in [-0.25, -0.2) is 0 Å². The Morgan fingerprint density at radius 2 is 2.11 bits per heavy atom. The fraction of sp³-hybridized carbons (Fsp3) is 0.211. The number of non-ortho nitro benzene ring substituents is 1. The summed E-state index contributed by atoms with van der Waals surface area (Å²) in [7, 11) is 0. The number of benzene rings is 2. The second-order valence-corrected chi connectivity index (χ2v) is 6.37. The minimum atomic E-state index is -0.465. The minimum absolute atomic E-state index is 0.0342. The van der Waals surface area contributed by atoms with E-state index < -0.39 is 4.92 Å². The van der Waals surface area contributed by atoms with Crippen LogP contribution in [0.25, 0.3) is 11.4 Å². The number of nitrogens with zero attached hydrogens (tertiary/aromatic N) is 4. The molecule has 0 atom stereocenters. The topological polar surface area (TPSA) is 102 Å². The van der Waals surface area contributed by atoms with Gasteiger partial charge in [0.05, 0.1) is 10.6 Å². The predicted molar refractivity (Wildman–Crippen MR) is 97.3 cm³/mol. The SMILES string of the molecule is Cc1ccccc1-c1noc(CC(=O)N2CCc3ccc([N+](=O)[O-])cc32)n1. The normalized spacial score (nSPS) is 12.9. The number of carbonyl (C=O) groups excluding carboxylic acids is 1. The quantitative estimate of drug-likeness (QED) is 0.521. The van der Waals surface area contributed by atoms with E-state index in [9.17, 15) is 14.9 Å². The number of carbonyl (C=O) groups is 1. The summed E-state index contributed by atoms with van der Waals surface area (Å²) >= 11 is 0. The maximum Gasteiger partial charge on any atom is 0.271 e. The Balaban J connectivity index is 1.54. The second kappa shape index (κ2) is 6.64. The molecule has 2 heterocycles. The molecule has 1 aromatic heterocycles. The van der Waals surface area contributed by atoms with Crippen LogP contribution < -0.4 is 4.90 Å². The van der Waals surface area contributed by atoms with Gasteiger partial charge in [-0.05, 0) is 24.5 Å². The number of nitro groups is 1. The lowest BCUT2D eigenvalue weighted by molar-refractivity contribution is -0.384. The van der Waals surface area contributed by atoms with Crippen LogP contribution in [0.15, 0.2) is 47.0 Å². The van der Waals surface area contributed by atoms with E-state index in [1.807, 2.05) is 31.2 Å². The number of amides is 1. The van der Waals surface area contributed by atoms with E-state index >= 15 is 0 Å². The number of hydrogen-bond acceptors (Lipinski definition) is 6. The average molecular weight is 364 g/mol. The molecule has 0 saturated carbocycles. The minimum Gasteiger partial charge on any atom is -0.338 e. The summed E-state index contributed by atoms with van der Waals surface area (Å²) in [6, 6.07) is 12.2. The molecule has 4 rings (SSSR count). The first-order valence-corrected chi connectivity index (χ1v) is 8.49. The molecule has 27 heavy (non-hydrogen) atoms. The molecule has 0 bridgehead atoms. The molecule has 1 aliphatic heterocycles. The molecular formula is C19H16N4O4. The standard InChI is InChI=1S/C19H16N4O4/c1-12-4-2-3-5-15(12)19-20-17(27-21-19)11-18(24)22-9-8-13-6-7-14(23(25)26)10-16(13)22/h2-7,10H,8-9,11H2,1H3. The first kappa shape index (κ1) is 16.9. The van der Waals surface area contributed by atoms with Crippen LogP contribution in [-0.4, -0.2) is 27.5 Å². The van der Waals surface area contributed by atoms with Crippen molar-refractivity contribution < 1.29 is 14.2 Å². The number of nitro benzene ring substituents is 1. The highest BCUT2D eigenvalue weighted by Gasteiger charge is 2.28. The molecular weight excluding hydrogens is 348 g/mol. The van der Waals surface area contributed by atoms with E-state index in [0.29, 0.717) is 24.5 Å². The van der Waals surface area contributed by atoms with Crippen LogP contribution in [0.1, 0.15) is 17.0 Å². The first-order valence-electron chi connectivity index (χ1n) is 8.49. The van der Waals surface area contributed by atoms with Crippen molar-refractivity contribution in [1.29, 1.82) is 0 Å². The number of aryl methyl sites for hydroxylation is 1. The Kier molecular flexibility index (Phi) is 4.15. The lowest BCUT2D eigenvalue weighted by atomic mass is 10.1. The maximum absolute atomic E-state index is 12.7. The van der Waals surface area contributed by atoms with Gasteiger partial charge >= 0.3 is 0 Å². The highest BCUT2D eigenvalue weighted by molar-refractivity contribution is 5.96. The third kappa shape index (κ3) is 3.17. The van der Waals surface area contributed by atoms with Crippen molar-refractivity contribution in [3.05, 3.63) is 69.6 Å². The fourth-order valence-electron chi connectivity index (χ4n) is 3.22. The number of fused-ring (bicyclic) bond motifs is 1. The number of aromatic nitrogens is 2. The summed E-state index contributed by atoms with van der Waals surface area (Å²) in [6.07, 6.45) is 0.609. The Hall–Kier alpha value is -3.55. The summed E-state index contributed by atoms with van der Waals surface area (Å²) in [5.41, 5.74) is 3.32. The van der Waals surface area contributed by atoms with Gasteiger partial charge in [-0.2, -0.15) is 4.98 Å². The van der Waals surface area contributed by atoms with Crippen LogP contribution in [0, 0.1) is 17.0 Å². The van der Waals surface area contributed by atoms with Gasteiger partial charge in [0.2, 0.25) is 17.6 Å². The van der Waals surface area contributed by atoms with Gasteiger partial charge in [0, 0.05) is 24.2 Å². The zero-order valence-corrected chi connectivity index (χ0v) is 14.6. The maximum atomic E-state index is 12.7. The molecule has 0 N–H and O–H groups in total. The summed E-state index contributed by atoms with van der Waals surface area (Å²) < 4.78 is 5.24. The van der Waals surface area contributed by atoms with Crippen LogP contribution in [0.3, 0.4) is 0 Å². The van der Waals surface area contributed by atoms with E-state index in [-0.39, 0.29) is 23.9 Å². The van der Waals surface area contributed by atoms with Crippen LogP contribution in [0.4, 0.5) is 11.4 Å². The van der Waals surface area contributed by atoms with Crippen molar-refractivity contribution in [3.8, 4) is 11.4 Å². The summed E-state index contributed by atoms with van der Waals surface area (Å²) in [4.78, 5) is 29.1. The molecule has 0 saturated heterocycles. The van der Waals surface area contributed by atoms with Gasteiger partial charge < -0.3 is 9.42 Å². The van der Waals surface area contributed by atoms with E-state index in [1.54, 1.807) is 11.0 Å². The summed E-state index contributed by atoms with van der Waals surface area (Å²) in [6.45, 7) is 2.43. The van der Waals surface area contributed by atoms with Crippen LogP contribution in [0.2, 0.25) is 0 Å². The molecule has 136 valence electrons. The van der Waals surface area contributed by atoms with Crippen molar-refractivity contribution in [3.63, 3.8) is 0 Å². The fourth-order valence-corrected chi connectivity index (χ4v) is 3.22. The molecule has 8 nitrogen and oxygen atoms in total. The van der Waals surface area contributed by atoms with Crippen LogP contribution in [0.5, 0.6) is 0 Å².